The number of anilines is 1. The predicted octanol–water partition coefficient (Wildman–Crippen LogP) is 2.65. The number of carbonyl (C=O) groups is 1. The van der Waals surface area contributed by atoms with E-state index in [0.29, 0.717) is 18.1 Å². The molecule has 1 amide bonds. The molecule has 2 N–H and O–H groups in total. The van der Waals surface area contributed by atoms with Gasteiger partial charge in [-0.1, -0.05) is 27.5 Å². The van der Waals surface area contributed by atoms with Gasteiger partial charge in [0.15, 0.2) is 0 Å². The molecule has 0 aromatic heterocycles. The summed E-state index contributed by atoms with van der Waals surface area (Å²) in [4.78, 5) is 10.6. The number of halogens is 2. The van der Waals surface area contributed by atoms with Gasteiger partial charge in [0.05, 0.1) is 10.7 Å². The zero-order valence-corrected chi connectivity index (χ0v) is 10.7. The Morgan fingerprint density at radius 2 is 2.20 bits per heavy atom. The Balaban J connectivity index is 2.40. The normalized spacial score (nSPS) is 9.80. The van der Waals surface area contributed by atoms with Crippen LogP contribution in [0.5, 0.6) is 0 Å². The molecule has 0 radical (unpaired) electrons. The van der Waals surface area contributed by atoms with Crippen LogP contribution in [0.3, 0.4) is 0 Å². The monoisotopic (exact) mass is 290 g/mol. The first-order valence-corrected chi connectivity index (χ1v) is 5.70. The highest BCUT2D eigenvalue weighted by atomic mass is 79.9. The highest BCUT2D eigenvalue weighted by Gasteiger charge is 1.99. The maximum atomic E-state index is 10.6. The molecular formula is C10H12BrClN2O. The minimum absolute atomic E-state index is 0.0290. The van der Waals surface area contributed by atoms with Crippen LogP contribution < -0.4 is 10.6 Å². The Bertz CT molecular complexity index is 357. The zero-order chi connectivity index (χ0) is 11.3. The second-order valence-corrected chi connectivity index (χ2v) is 4.36. The van der Waals surface area contributed by atoms with E-state index in [4.69, 9.17) is 11.6 Å². The first-order chi connectivity index (χ1) is 7.09. The molecule has 3 nitrogen and oxygen atoms in total. The minimum Gasteiger partial charge on any atom is -0.382 e. The predicted molar refractivity (Wildman–Crippen MR) is 66.3 cm³/mol. The van der Waals surface area contributed by atoms with Crippen molar-refractivity contribution in [2.24, 2.45) is 0 Å². The first-order valence-electron chi connectivity index (χ1n) is 4.53. The number of benzene rings is 1. The van der Waals surface area contributed by atoms with Crippen molar-refractivity contribution in [2.45, 2.75) is 6.92 Å². The number of carbonyl (C=O) groups excluding carboxylic acids is 1. The molecule has 0 aliphatic rings. The van der Waals surface area contributed by atoms with E-state index in [1.165, 1.54) is 6.92 Å². The SMILES string of the molecule is CC(=O)NCCNc1ccc(Br)cc1Cl. The van der Waals surface area contributed by atoms with Crippen LogP contribution in [-0.2, 0) is 4.79 Å². The van der Waals surface area contributed by atoms with Crippen LogP contribution in [0, 0.1) is 0 Å². The number of amides is 1. The highest BCUT2D eigenvalue weighted by Crippen LogP contribution is 2.25. The van der Waals surface area contributed by atoms with Gasteiger partial charge in [0.1, 0.15) is 0 Å². The Labute approximate surface area is 102 Å². The van der Waals surface area contributed by atoms with Gasteiger partial charge in [0.2, 0.25) is 5.91 Å². The summed E-state index contributed by atoms with van der Waals surface area (Å²) in [6.07, 6.45) is 0. The number of rotatable bonds is 4. The van der Waals surface area contributed by atoms with E-state index in [1.807, 2.05) is 18.2 Å². The Kier molecular flexibility index (Phi) is 4.91. The molecule has 0 heterocycles. The summed E-state index contributed by atoms with van der Waals surface area (Å²) < 4.78 is 0.944. The molecule has 0 aliphatic heterocycles. The minimum atomic E-state index is -0.0290. The van der Waals surface area contributed by atoms with Gasteiger partial charge in [0, 0.05) is 24.5 Å². The van der Waals surface area contributed by atoms with E-state index in [1.54, 1.807) is 0 Å². The van der Waals surface area contributed by atoms with Crippen molar-refractivity contribution in [3.8, 4) is 0 Å². The molecule has 5 heteroatoms. The standard InChI is InChI=1S/C10H12BrClN2O/c1-7(15)13-4-5-14-10-3-2-8(11)6-9(10)12/h2-3,6,14H,4-5H2,1H3,(H,13,15). The van der Waals surface area contributed by atoms with Crippen LogP contribution in [0.4, 0.5) is 5.69 Å². The Morgan fingerprint density at radius 1 is 1.47 bits per heavy atom. The van der Waals surface area contributed by atoms with Gasteiger partial charge in [-0.3, -0.25) is 4.79 Å². The lowest BCUT2D eigenvalue weighted by Crippen LogP contribution is -2.26. The second kappa shape index (κ2) is 5.98. The summed E-state index contributed by atoms with van der Waals surface area (Å²) in [5, 5.41) is 6.48. The summed E-state index contributed by atoms with van der Waals surface area (Å²) >= 11 is 9.32. The summed E-state index contributed by atoms with van der Waals surface area (Å²) in [5.74, 6) is -0.0290. The van der Waals surface area contributed by atoms with Gasteiger partial charge in [-0.25, -0.2) is 0 Å². The summed E-state index contributed by atoms with van der Waals surface area (Å²) in [7, 11) is 0. The van der Waals surface area contributed by atoms with Crippen LogP contribution in [0.15, 0.2) is 22.7 Å². The van der Waals surface area contributed by atoms with Crippen molar-refractivity contribution >= 4 is 39.1 Å². The number of hydrogen-bond donors (Lipinski definition) is 2. The van der Waals surface area contributed by atoms with E-state index >= 15 is 0 Å². The fourth-order valence-corrected chi connectivity index (χ4v) is 1.81. The van der Waals surface area contributed by atoms with Crippen molar-refractivity contribution in [3.05, 3.63) is 27.7 Å². The number of nitrogens with one attached hydrogen (secondary N) is 2. The molecule has 0 spiro atoms. The van der Waals surface area contributed by atoms with Crippen molar-refractivity contribution in [1.29, 1.82) is 0 Å². The highest BCUT2D eigenvalue weighted by molar-refractivity contribution is 9.10. The molecule has 0 unspecified atom stereocenters. The van der Waals surface area contributed by atoms with E-state index in [9.17, 15) is 4.79 Å². The van der Waals surface area contributed by atoms with Gasteiger partial charge < -0.3 is 10.6 Å². The van der Waals surface area contributed by atoms with Crippen LogP contribution in [0.25, 0.3) is 0 Å². The molecule has 1 aromatic rings. The fourth-order valence-electron chi connectivity index (χ4n) is 1.07. The lowest BCUT2D eigenvalue weighted by Gasteiger charge is -2.08. The van der Waals surface area contributed by atoms with Crippen LogP contribution in [0.1, 0.15) is 6.92 Å². The average molecular weight is 292 g/mol. The second-order valence-electron chi connectivity index (χ2n) is 3.03. The molecule has 1 aromatic carbocycles. The summed E-state index contributed by atoms with van der Waals surface area (Å²) in [5.41, 5.74) is 0.866. The number of hydrogen-bond acceptors (Lipinski definition) is 2. The molecule has 0 saturated heterocycles. The lowest BCUT2D eigenvalue weighted by atomic mass is 10.3. The van der Waals surface area contributed by atoms with E-state index < -0.39 is 0 Å². The molecule has 15 heavy (non-hydrogen) atoms. The average Bonchev–Trinajstić information content (AvgIpc) is 2.14. The lowest BCUT2D eigenvalue weighted by molar-refractivity contribution is -0.118. The third-order valence-corrected chi connectivity index (χ3v) is 2.55. The van der Waals surface area contributed by atoms with Crippen LogP contribution >= 0.6 is 27.5 Å². The molecule has 0 saturated carbocycles. The smallest absolute Gasteiger partial charge is 0.216 e. The van der Waals surface area contributed by atoms with Crippen molar-refractivity contribution in [2.75, 3.05) is 18.4 Å². The van der Waals surface area contributed by atoms with Gasteiger partial charge >= 0.3 is 0 Å². The van der Waals surface area contributed by atoms with Gasteiger partial charge in [-0.15, -0.1) is 0 Å². The topological polar surface area (TPSA) is 41.1 Å². The third-order valence-electron chi connectivity index (χ3n) is 1.75. The quantitative estimate of drug-likeness (QED) is 0.837. The van der Waals surface area contributed by atoms with Gasteiger partial charge in [-0.05, 0) is 18.2 Å². The van der Waals surface area contributed by atoms with Crippen molar-refractivity contribution in [1.82, 2.24) is 5.32 Å². The maximum absolute atomic E-state index is 10.6. The maximum Gasteiger partial charge on any atom is 0.216 e. The van der Waals surface area contributed by atoms with E-state index in [-0.39, 0.29) is 5.91 Å². The van der Waals surface area contributed by atoms with Gasteiger partial charge in [-0.2, -0.15) is 0 Å². The van der Waals surface area contributed by atoms with Gasteiger partial charge in [0.25, 0.3) is 0 Å². The third kappa shape index (κ3) is 4.53. The first kappa shape index (κ1) is 12.3. The largest absolute Gasteiger partial charge is 0.382 e. The summed E-state index contributed by atoms with van der Waals surface area (Å²) in [6, 6.07) is 5.62. The summed E-state index contributed by atoms with van der Waals surface area (Å²) in [6.45, 7) is 2.73. The van der Waals surface area contributed by atoms with Crippen molar-refractivity contribution in [3.63, 3.8) is 0 Å². The molecule has 0 bridgehead atoms. The van der Waals surface area contributed by atoms with E-state index in [2.05, 4.69) is 26.6 Å². The molecule has 0 atom stereocenters. The molecule has 0 aliphatic carbocycles. The van der Waals surface area contributed by atoms with Crippen LogP contribution in [0.2, 0.25) is 5.02 Å². The van der Waals surface area contributed by atoms with Crippen molar-refractivity contribution < 1.29 is 4.79 Å². The Morgan fingerprint density at radius 3 is 2.80 bits per heavy atom. The van der Waals surface area contributed by atoms with Crippen LogP contribution in [-0.4, -0.2) is 19.0 Å². The molecule has 0 fully saturated rings. The fraction of sp³-hybridized carbons (Fsp3) is 0.300. The van der Waals surface area contributed by atoms with E-state index in [0.717, 1.165) is 10.2 Å². The Hall–Kier alpha value is -0.740. The molecule has 82 valence electrons. The molecule has 1 rings (SSSR count). The zero-order valence-electron chi connectivity index (χ0n) is 8.31. The molecular weight excluding hydrogens is 279 g/mol.